The summed E-state index contributed by atoms with van der Waals surface area (Å²) in [5, 5.41) is 0.467. The average Bonchev–Trinajstić information content (AvgIpc) is 2.30. The van der Waals surface area contributed by atoms with Crippen molar-refractivity contribution < 1.29 is 17.9 Å². The van der Waals surface area contributed by atoms with Gasteiger partial charge in [-0.15, -0.1) is 0 Å². The lowest BCUT2D eigenvalue weighted by Gasteiger charge is -2.12. The van der Waals surface area contributed by atoms with Crippen LogP contribution >= 0.6 is 0 Å². The van der Waals surface area contributed by atoms with Crippen molar-refractivity contribution in [3.05, 3.63) is 24.4 Å². The minimum Gasteiger partial charge on any atom is -0.482 e. The zero-order valence-electron chi connectivity index (χ0n) is 9.16. The van der Waals surface area contributed by atoms with Gasteiger partial charge in [-0.05, 0) is 6.07 Å². The molecule has 18 heavy (non-hydrogen) atoms. The van der Waals surface area contributed by atoms with Gasteiger partial charge in [0, 0.05) is 5.39 Å². The van der Waals surface area contributed by atoms with Gasteiger partial charge >= 0.3 is 6.18 Å². The first kappa shape index (κ1) is 12.3. The van der Waals surface area contributed by atoms with Gasteiger partial charge in [-0.3, -0.25) is 4.98 Å². The molecule has 0 unspecified atom stereocenters. The fourth-order valence-electron chi connectivity index (χ4n) is 1.51. The summed E-state index contributed by atoms with van der Waals surface area (Å²) in [6.45, 7) is -1.38. The standard InChI is InChI=1S/C11H10F3N3O/c12-11(13,14)5-18-8-3-1-2-6-9(16)7(15)4-17-10(6)8/h1-4H,5,15H2,(H2,16,17). The number of aromatic nitrogens is 1. The van der Waals surface area contributed by atoms with Gasteiger partial charge in [-0.1, -0.05) is 12.1 Å². The Bertz CT molecular complexity index is 583. The van der Waals surface area contributed by atoms with Crippen molar-refractivity contribution in [3.63, 3.8) is 0 Å². The van der Waals surface area contributed by atoms with Gasteiger partial charge < -0.3 is 16.2 Å². The monoisotopic (exact) mass is 257 g/mol. The summed E-state index contributed by atoms with van der Waals surface area (Å²) in [5.41, 5.74) is 12.1. The van der Waals surface area contributed by atoms with Crippen molar-refractivity contribution in [1.29, 1.82) is 0 Å². The van der Waals surface area contributed by atoms with Crippen LogP contribution in [0, 0.1) is 0 Å². The number of halogens is 3. The average molecular weight is 257 g/mol. The zero-order chi connectivity index (χ0) is 13.3. The Balaban J connectivity index is 2.43. The molecule has 0 radical (unpaired) electrons. The summed E-state index contributed by atoms with van der Waals surface area (Å²) >= 11 is 0. The lowest BCUT2D eigenvalue weighted by molar-refractivity contribution is -0.153. The summed E-state index contributed by atoms with van der Waals surface area (Å²) in [4.78, 5) is 3.94. The number of nitrogens with two attached hydrogens (primary N) is 2. The van der Waals surface area contributed by atoms with Gasteiger partial charge in [-0.25, -0.2) is 0 Å². The van der Waals surface area contributed by atoms with Crippen LogP contribution in [0.15, 0.2) is 24.4 Å². The summed E-state index contributed by atoms with van der Waals surface area (Å²) in [5.74, 6) is 0.0246. The van der Waals surface area contributed by atoms with Gasteiger partial charge in [0.25, 0.3) is 0 Å². The number of rotatable bonds is 2. The molecule has 0 aliphatic rings. The van der Waals surface area contributed by atoms with Crippen molar-refractivity contribution in [2.45, 2.75) is 6.18 Å². The lowest BCUT2D eigenvalue weighted by atomic mass is 10.1. The van der Waals surface area contributed by atoms with Crippen LogP contribution < -0.4 is 16.2 Å². The van der Waals surface area contributed by atoms with Crippen LogP contribution in [-0.2, 0) is 0 Å². The first-order valence-corrected chi connectivity index (χ1v) is 5.01. The predicted octanol–water partition coefficient (Wildman–Crippen LogP) is 2.34. The Kier molecular flexibility index (Phi) is 2.90. The molecule has 1 heterocycles. The smallest absolute Gasteiger partial charge is 0.422 e. The van der Waals surface area contributed by atoms with E-state index in [2.05, 4.69) is 4.98 Å². The molecular weight excluding hydrogens is 247 g/mol. The highest BCUT2D eigenvalue weighted by Gasteiger charge is 2.28. The molecule has 1 aromatic carbocycles. The first-order chi connectivity index (χ1) is 8.38. The van der Waals surface area contributed by atoms with E-state index in [1.807, 2.05) is 0 Å². The first-order valence-electron chi connectivity index (χ1n) is 5.01. The van der Waals surface area contributed by atoms with Gasteiger partial charge in [0.1, 0.15) is 11.3 Å². The van der Waals surface area contributed by atoms with E-state index in [1.54, 1.807) is 6.07 Å². The highest BCUT2D eigenvalue weighted by molar-refractivity contribution is 5.98. The minimum atomic E-state index is -4.40. The number of para-hydroxylation sites is 1. The number of nitrogen functional groups attached to an aromatic ring is 2. The summed E-state index contributed by atoms with van der Waals surface area (Å²) in [6.07, 6.45) is -3.11. The van der Waals surface area contributed by atoms with Gasteiger partial charge in [0.2, 0.25) is 0 Å². The van der Waals surface area contributed by atoms with E-state index in [1.165, 1.54) is 18.3 Å². The second-order valence-electron chi connectivity index (χ2n) is 3.68. The normalized spacial score (nSPS) is 11.7. The third-order valence-electron chi connectivity index (χ3n) is 2.32. The van der Waals surface area contributed by atoms with E-state index in [0.717, 1.165) is 0 Å². The van der Waals surface area contributed by atoms with Crippen molar-refractivity contribution in [1.82, 2.24) is 4.98 Å². The number of anilines is 2. The third-order valence-corrected chi connectivity index (χ3v) is 2.32. The second-order valence-corrected chi connectivity index (χ2v) is 3.68. The topological polar surface area (TPSA) is 74.2 Å². The van der Waals surface area contributed by atoms with Crippen LogP contribution in [0.1, 0.15) is 0 Å². The Morgan fingerprint density at radius 2 is 1.94 bits per heavy atom. The molecule has 0 saturated heterocycles. The van der Waals surface area contributed by atoms with Gasteiger partial charge in [0.15, 0.2) is 6.61 Å². The Hall–Kier alpha value is -2.18. The van der Waals surface area contributed by atoms with E-state index >= 15 is 0 Å². The van der Waals surface area contributed by atoms with Crippen molar-refractivity contribution in [2.75, 3.05) is 18.1 Å². The maximum absolute atomic E-state index is 12.1. The fourth-order valence-corrected chi connectivity index (χ4v) is 1.51. The molecule has 7 heteroatoms. The Labute approximate surface area is 100 Å². The molecule has 0 amide bonds. The predicted molar refractivity (Wildman–Crippen MR) is 62.1 cm³/mol. The molecule has 0 aliphatic heterocycles. The van der Waals surface area contributed by atoms with Crippen LogP contribution in [0.3, 0.4) is 0 Å². The Morgan fingerprint density at radius 3 is 2.61 bits per heavy atom. The van der Waals surface area contributed by atoms with Crippen LogP contribution in [0.5, 0.6) is 5.75 Å². The fraction of sp³-hybridized carbons (Fsp3) is 0.182. The number of hydrogen-bond donors (Lipinski definition) is 2. The molecule has 0 saturated carbocycles. The Morgan fingerprint density at radius 1 is 1.22 bits per heavy atom. The molecular formula is C11H10F3N3O. The molecule has 0 fully saturated rings. The summed E-state index contributed by atoms with van der Waals surface area (Å²) in [6, 6.07) is 4.55. The number of alkyl halides is 3. The quantitative estimate of drug-likeness (QED) is 0.865. The molecule has 4 nitrogen and oxygen atoms in total. The number of nitrogens with zero attached hydrogens (tertiary/aromatic N) is 1. The molecule has 96 valence electrons. The molecule has 4 N–H and O–H groups in total. The molecule has 0 atom stereocenters. The van der Waals surface area contributed by atoms with Crippen molar-refractivity contribution >= 4 is 22.3 Å². The van der Waals surface area contributed by atoms with E-state index in [4.69, 9.17) is 16.2 Å². The SMILES string of the molecule is Nc1cnc2c(OCC(F)(F)F)cccc2c1N. The highest BCUT2D eigenvalue weighted by atomic mass is 19.4. The second kappa shape index (κ2) is 4.25. The van der Waals surface area contributed by atoms with Crippen LogP contribution in [-0.4, -0.2) is 17.8 Å². The molecule has 1 aromatic heterocycles. The summed E-state index contributed by atoms with van der Waals surface area (Å²) in [7, 11) is 0. The molecule has 0 spiro atoms. The molecule has 2 rings (SSSR count). The number of hydrogen-bond acceptors (Lipinski definition) is 4. The molecule has 2 aromatic rings. The maximum atomic E-state index is 12.1. The lowest BCUT2D eigenvalue weighted by Crippen LogP contribution is -2.19. The maximum Gasteiger partial charge on any atom is 0.422 e. The number of fused-ring (bicyclic) bond motifs is 1. The number of benzene rings is 1. The zero-order valence-corrected chi connectivity index (χ0v) is 9.16. The highest BCUT2D eigenvalue weighted by Crippen LogP contribution is 2.31. The summed E-state index contributed by atoms with van der Waals surface area (Å²) < 4.78 is 41.0. The molecule has 0 bridgehead atoms. The van der Waals surface area contributed by atoms with Gasteiger partial charge in [0.05, 0.1) is 17.6 Å². The number of pyridine rings is 1. The van der Waals surface area contributed by atoms with Crippen LogP contribution in [0.4, 0.5) is 24.5 Å². The van der Waals surface area contributed by atoms with E-state index in [0.29, 0.717) is 5.39 Å². The van der Waals surface area contributed by atoms with E-state index in [9.17, 15) is 13.2 Å². The largest absolute Gasteiger partial charge is 0.482 e. The molecule has 0 aliphatic carbocycles. The van der Waals surface area contributed by atoms with E-state index < -0.39 is 12.8 Å². The van der Waals surface area contributed by atoms with Crippen LogP contribution in [0.2, 0.25) is 0 Å². The van der Waals surface area contributed by atoms with Crippen molar-refractivity contribution in [2.24, 2.45) is 0 Å². The number of ether oxygens (including phenoxy) is 1. The van der Waals surface area contributed by atoms with Crippen molar-refractivity contribution in [3.8, 4) is 5.75 Å². The minimum absolute atomic E-state index is 0.0246. The third kappa shape index (κ3) is 2.39. The van der Waals surface area contributed by atoms with Crippen LogP contribution in [0.25, 0.3) is 10.9 Å². The van der Waals surface area contributed by atoms with Gasteiger partial charge in [-0.2, -0.15) is 13.2 Å². The van der Waals surface area contributed by atoms with E-state index in [-0.39, 0.29) is 22.6 Å².